The molecule has 0 saturated heterocycles. The highest BCUT2D eigenvalue weighted by molar-refractivity contribution is 6.20. The Kier molecular flexibility index (Phi) is 9.82. The fourth-order valence-corrected chi connectivity index (χ4v) is 5.84. The van der Waals surface area contributed by atoms with E-state index < -0.39 is 0 Å². The lowest BCUT2D eigenvalue weighted by atomic mass is 10.1. The Bertz CT molecular complexity index is 1830. The van der Waals surface area contributed by atoms with E-state index in [1.54, 1.807) is 0 Å². The zero-order valence-electron chi connectivity index (χ0n) is 29.8. The first kappa shape index (κ1) is 33.5. The van der Waals surface area contributed by atoms with Crippen molar-refractivity contribution < 1.29 is 9.31 Å². The van der Waals surface area contributed by atoms with Crippen molar-refractivity contribution in [3.63, 3.8) is 0 Å². The topological polar surface area (TPSA) is 24.9 Å². The summed E-state index contributed by atoms with van der Waals surface area (Å²) in [6, 6.07) is 42.6. The Balaban J connectivity index is 1.17. The minimum Gasteiger partial charge on any atom is -0.526 e. The largest absolute Gasteiger partial charge is 0.658 e. The highest BCUT2D eigenvalue weighted by atomic mass is 16.6. The number of benzene rings is 6. The molecule has 0 spiro atoms. The van der Waals surface area contributed by atoms with Gasteiger partial charge in [-0.25, -0.2) is 0 Å². The second-order valence-corrected chi connectivity index (χ2v) is 13.1. The summed E-state index contributed by atoms with van der Waals surface area (Å²) in [5, 5.41) is 0. The van der Waals surface area contributed by atoms with Gasteiger partial charge in [-0.3, -0.25) is 0 Å². The number of aryl methyl sites for hydroxylation is 8. The third-order valence-electron chi connectivity index (χ3n) is 9.55. The van der Waals surface area contributed by atoms with Gasteiger partial charge in [0.15, 0.2) is 0 Å². The Morgan fingerprint density at radius 2 is 0.551 bits per heavy atom. The number of anilines is 6. The quantitative estimate of drug-likeness (QED) is 0.139. The fourth-order valence-electron chi connectivity index (χ4n) is 5.84. The van der Waals surface area contributed by atoms with E-state index in [1.807, 2.05) is 24.3 Å². The molecule has 1 radical (unpaired) electrons. The molecule has 0 aliphatic heterocycles. The molecule has 6 rings (SSSR count). The van der Waals surface area contributed by atoms with Crippen LogP contribution in [0.5, 0.6) is 11.5 Å². The van der Waals surface area contributed by atoms with Crippen LogP contribution in [-0.2, 0) is 0 Å². The van der Waals surface area contributed by atoms with Crippen molar-refractivity contribution in [2.45, 2.75) is 55.4 Å². The predicted octanol–water partition coefficient (Wildman–Crippen LogP) is 12.1. The van der Waals surface area contributed by atoms with Gasteiger partial charge in [-0.2, -0.15) is 0 Å². The molecular weight excluding hydrogens is 599 g/mol. The fraction of sp³-hybridized carbons (Fsp3) is 0.182. The molecule has 0 amide bonds. The molecule has 245 valence electrons. The van der Waals surface area contributed by atoms with Crippen LogP contribution in [0, 0.1) is 55.4 Å². The first-order valence-corrected chi connectivity index (χ1v) is 16.8. The highest BCUT2D eigenvalue weighted by Crippen LogP contribution is 2.38. The second-order valence-electron chi connectivity index (χ2n) is 13.1. The van der Waals surface area contributed by atoms with Gasteiger partial charge in [0.05, 0.1) is 0 Å². The molecule has 0 bridgehead atoms. The van der Waals surface area contributed by atoms with E-state index in [1.165, 1.54) is 52.2 Å². The number of hydrogen-bond acceptors (Lipinski definition) is 4. The summed E-state index contributed by atoms with van der Waals surface area (Å²) in [4.78, 5) is 4.56. The van der Waals surface area contributed by atoms with Crippen LogP contribution in [0.1, 0.15) is 44.5 Å². The van der Waals surface area contributed by atoms with Crippen LogP contribution >= 0.6 is 0 Å². The van der Waals surface area contributed by atoms with E-state index in [9.17, 15) is 0 Å². The van der Waals surface area contributed by atoms with Crippen LogP contribution in [0.15, 0.2) is 121 Å². The maximum absolute atomic E-state index is 5.91. The summed E-state index contributed by atoms with van der Waals surface area (Å²) in [6.07, 6.45) is 0. The molecule has 0 saturated carbocycles. The first-order chi connectivity index (χ1) is 23.6. The summed E-state index contributed by atoms with van der Waals surface area (Å²) in [6.45, 7) is 17.2. The average Bonchev–Trinajstić information content (AvgIpc) is 3.09. The summed E-state index contributed by atoms with van der Waals surface area (Å²) < 4.78 is 11.8. The van der Waals surface area contributed by atoms with Crippen LogP contribution in [-0.4, -0.2) is 7.69 Å². The summed E-state index contributed by atoms with van der Waals surface area (Å²) in [5.41, 5.74) is 16.7. The van der Waals surface area contributed by atoms with Gasteiger partial charge in [-0.1, -0.05) is 24.3 Å². The van der Waals surface area contributed by atoms with Gasteiger partial charge in [0, 0.05) is 34.1 Å². The Morgan fingerprint density at radius 1 is 0.306 bits per heavy atom. The van der Waals surface area contributed by atoms with Gasteiger partial charge in [0.2, 0.25) is 0 Å². The van der Waals surface area contributed by atoms with Gasteiger partial charge >= 0.3 is 7.69 Å². The molecule has 0 fully saturated rings. The molecule has 6 aromatic carbocycles. The Hall–Kier alpha value is -5.42. The summed E-state index contributed by atoms with van der Waals surface area (Å²) >= 11 is 0. The van der Waals surface area contributed by atoms with Crippen molar-refractivity contribution in [3.05, 3.63) is 166 Å². The molecule has 0 unspecified atom stereocenters. The lowest BCUT2D eigenvalue weighted by Gasteiger charge is -2.27. The number of hydrogen-bond donors (Lipinski definition) is 0. The van der Waals surface area contributed by atoms with E-state index >= 15 is 0 Å². The third-order valence-corrected chi connectivity index (χ3v) is 9.55. The van der Waals surface area contributed by atoms with Crippen molar-refractivity contribution in [1.82, 2.24) is 0 Å². The standard InChI is InChI=1S/C44H44BN2O2/c1-29-9-13-39(25-33(29)5)46(40-14-10-30(2)34(6)26-40)37-17-21-43(22-18-37)48-45-49-44-23-19-38(20-24-44)47(41-15-11-31(3)35(7)27-41)42-16-12-32(4)36(8)28-42/h9-28H,1-8H3. The number of rotatable bonds is 10. The predicted molar refractivity (Wildman–Crippen MR) is 207 cm³/mol. The molecule has 6 aromatic rings. The lowest BCUT2D eigenvalue weighted by molar-refractivity contribution is 0.459. The first-order valence-electron chi connectivity index (χ1n) is 16.8. The zero-order chi connectivity index (χ0) is 34.7. The van der Waals surface area contributed by atoms with Gasteiger partial charge in [-0.05, 0) is 197 Å². The van der Waals surface area contributed by atoms with Crippen molar-refractivity contribution in [3.8, 4) is 11.5 Å². The van der Waals surface area contributed by atoms with Crippen molar-refractivity contribution in [2.75, 3.05) is 9.80 Å². The molecular formula is C44H44BN2O2. The van der Waals surface area contributed by atoms with E-state index in [0.717, 1.165) is 34.1 Å². The molecule has 0 heterocycles. The van der Waals surface area contributed by atoms with E-state index in [0.29, 0.717) is 11.5 Å². The monoisotopic (exact) mass is 643 g/mol. The van der Waals surface area contributed by atoms with Crippen LogP contribution in [0.25, 0.3) is 0 Å². The van der Waals surface area contributed by atoms with Gasteiger partial charge in [0.1, 0.15) is 11.5 Å². The molecule has 0 aromatic heterocycles. The maximum Gasteiger partial charge on any atom is 0.658 e. The highest BCUT2D eigenvalue weighted by Gasteiger charge is 2.16. The van der Waals surface area contributed by atoms with Crippen LogP contribution in [0.3, 0.4) is 0 Å². The summed E-state index contributed by atoms with van der Waals surface area (Å²) in [7, 11) is 1.39. The average molecular weight is 644 g/mol. The molecule has 5 heteroatoms. The van der Waals surface area contributed by atoms with Gasteiger partial charge in [-0.15, -0.1) is 0 Å². The molecule has 0 aliphatic carbocycles. The smallest absolute Gasteiger partial charge is 0.526 e. The zero-order valence-corrected chi connectivity index (χ0v) is 29.8. The van der Waals surface area contributed by atoms with Crippen molar-refractivity contribution >= 4 is 41.8 Å². The molecule has 0 atom stereocenters. The molecule has 49 heavy (non-hydrogen) atoms. The molecule has 4 nitrogen and oxygen atoms in total. The summed E-state index contributed by atoms with van der Waals surface area (Å²) in [5.74, 6) is 1.38. The molecule has 0 aliphatic rings. The Morgan fingerprint density at radius 3 is 0.796 bits per heavy atom. The molecule has 0 N–H and O–H groups in total. The maximum atomic E-state index is 5.91. The minimum absolute atomic E-state index is 0.691. The normalized spacial score (nSPS) is 10.9. The second kappa shape index (κ2) is 14.4. The van der Waals surface area contributed by atoms with Crippen LogP contribution < -0.4 is 19.1 Å². The van der Waals surface area contributed by atoms with E-state index in [-0.39, 0.29) is 0 Å². The van der Waals surface area contributed by atoms with E-state index in [4.69, 9.17) is 9.31 Å². The van der Waals surface area contributed by atoms with Crippen LogP contribution in [0.2, 0.25) is 0 Å². The van der Waals surface area contributed by atoms with E-state index in [2.05, 4.69) is 162 Å². The lowest BCUT2D eigenvalue weighted by Crippen LogP contribution is -2.13. The number of nitrogens with zero attached hydrogens (tertiary/aromatic N) is 2. The SMILES string of the molecule is Cc1ccc(N(c2ccc(O[B]Oc3ccc(N(c4ccc(C)c(C)c4)c4ccc(C)c(C)c4)cc3)cc2)c2ccc(C)c(C)c2)cc1C. The Labute approximate surface area is 292 Å². The van der Waals surface area contributed by atoms with Gasteiger partial charge in [0.25, 0.3) is 0 Å². The van der Waals surface area contributed by atoms with Crippen molar-refractivity contribution in [2.24, 2.45) is 0 Å². The third kappa shape index (κ3) is 7.52. The van der Waals surface area contributed by atoms with Crippen LogP contribution in [0.4, 0.5) is 34.1 Å². The minimum atomic E-state index is 0.691. The van der Waals surface area contributed by atoms with Gasteiger partial charge < -0.3 is 19.1 Å². The van der Waals surface area contributed by atoms with Crippen molar-refractivity contribution in [1.29, 1.82) is 0 Å².